The number of fused-ring (bicyclic) bond motifs is 3. The van der Waals surface area contributed by atoms with Gasteiger partial charge in [0.2, 0.25) is 11.9 Å². The second kappa shape index (κ2) is 9.53. The van der Waals surface area contributed by atoms with E-state index in [4.69, 9.17) is 0 Å². The first-order chi connectivity index (χ1) is 20.0. The smallest absolute Gasteiger partial charge is 0.337 e. The van der Waals surface area contributed by atoms with Gasteiger partial charge in [0.25, 0.3) is 0 Å². The van der Waals surface area contributed by atoms with E-state index in [9.17, 15) is 43.9 Å². The van der Waals surface area contributed by atoms with E-state index in [2.05, 4.69) is 10.1 Å². The van der Waals surface area contributed by atoms with Crippen LogP contribution >= 0.6 is 0 Å². The Morgan fingerprint density at radius 3 is 2.26 bits per heavy atom. The molecule has 2 fully saturated rings. The van der Waals surface area contributed by atoms with E-state index in [1.54, 1.807) is 0 Å². The third-order valence-corrected chi connectivity index (χ3v) is 10.7. The van der Waals surface area contributed by atoms with Crippen LogP contribution < -0.4 is 4.90 Å². The topological polar surface area (TPSA) is 87.9 Å². The number of alkyl halides is 6. The van der Waals surface area contributed by atoms with Gasteiger partial charge in [0.1, 0.15) is 15.3 Å². The summed E-state index contributed by atoms with van der Waals surface area (Å²) in [5.74, 6) is -2.29. The number of carbonyl (C=O) groups excluding carboxylic acids is 1. The molecule has 0 radical (unpaired) electrons. The fourth-order valence-electron chi connectivity index (χ4n) is 6.66. The van der Waals surface area contributed by atoms with Crippen LogP contribution in [0.5, 0.6) is 0 Å². The van der Waals surface area contributed by atoms with Gasteiger partial charge in [-0.15, -0.1) is 5.10 Å². The maximum Gasteiger partial charge on any atom is 0.413 e. The minimum atomic E-state index is -4.88. The third kappa shape index (κ3) is 4.72. The summed E-state index contributed by atoms with van der Waals surface area (Å²) in [6.07, 6.45) is -8.04. The minimum absolute atomic E-state index is 0.0315. The van der Waals surface area contributed by atoms with Crippen molar-refractivity contribution in [1.29, 1.82) is 0 Å². The SMILES string of the molecule is CC1(C(F)(F)F)CN(c2ccc([C@H](N3CCCC4(CCS(=O)(=O)CC4)C3=O)C(F)(F)F)cc2)c2cnc3cc(F)nn3c21. The lowest BCUT2D eigenvalue weighted by atomic mass is 9.73. The van der Waals surface area contributed by atoms with E-state index in [0.717, 1.165) is 40.7 Å². The second-order valence-corrected chi connectivity index (χ2v) is 14.0. The Morgan fingerprint density at radius 1 is 1.00 bits per heavy atom. The Kier molecular flexibility index (Phi) is 6.57. The van der Waals surface area contributed by atoms with Gasteiger partial charge in [-0.1, -0.05) is 12.1 Å². The molecule has 1 spiro atoms. The maximum atomic E-state index is 14.6. The molecule has 6 rings (SSSR count). The number of amides is 1. The Hall–Kier alpha value is -3.43. The maximum absolute atomic E-state index is 14.6. The van der Waals surface area contributed by atoms with E-state index < -0.39 is 57.5 Å². The lowest BCUT2D eigenvalue weighted by molar-refractivity contribution is -0.200. The van der Waals surface area contributed by atoms with Crippen molar-refractivity contribution in [3.05, 3.63) is 53.7 Å². The van der Waals surface area contributed by atoms with Gasteiger partial charge in [-0.05, 0) is 50.3 Å². The number of likely N-dealkylation sites (tertiary alicyclic amines) is 1. The van der Waals surface area contributed by atoms with Crippen molar-refractivity contribution in [1.82, 2.24) is 19.5 Å². The van der Waals surface area contributed by atoms with Crippen LogP contribution in [0.4, 0.5) is 42.1 Å². The predicted octanol–water partition coefficient (Wildman–Crippen LogP) is 5.26. The van der Waals surface area contributed by atoms with E-state index in [0.29, 0.717) is 6.42 Å². The Balaban J connectivity index is 1.36. The molecule has 1 aromatic carbocycles. The van der Waals surface area contributed by atoms with E-state index in [1.807, 2.05) is 0 Å². The van der Waals surface area contributed by atoms with Gasteiger partial charge < -0.3 is 9.80 Å². The van der Waals surface area contributed by atoms with Crippen molar-refractivity contribution in [2.45, 2.75) is 56.4 Å². The normalized spacial score (nSPS) is 24.5. The highest BCUT2D eigenvalue weighted by molar-refractivity contribution is 7.91. The molecule has 3 aliphatic rings. The molecule has 2 saturated heterocycles. The number of carbonyl (C=O) groups is 1. The third-order valence-electron chi connectivity index (χ3n) is 9.04. The molecule has 0 bridgehead atoms. The summed E-state index contributed by atoms with van der Waals surface area (Å²) < 4.78 is 125. The lowest BCUT2D eigenvalue weighted by Gasteiger charge is -2.46. The van der Waals surface area contributed by atoms with Crippen molar-refractivity contribution in [3.8, 4) is 0 Å². The molecular formula is C27H26F7N5O3S. The lowest BCUT2D eigenvalue weighted by Crippen LogP contribution is -2.55. The molecule has 43 heavy (non-hydrogen) atoms. The van der Waals surface area contributed by atoms with Crippen LogP contribution in [0.25, 0.3) is 5.65 Å². The summed E-state index contributed by atoms with van der Waals surface area (Å²) in [5, 5.41) is 3.55. The quantitative estimate of drug-likeness (QED) is 0.366. The Labute approximate surface area is 241 Å². The van der Waals surface area contributed by atoms with Gasteiger partial charge >= 0.3 is 12.4 Å². The first kappa shape index (κ1) is 29.6. The monoisotopic (exact) mass is 633 g/mol. The molecule has 1 unspecified atom stereocenters. The number of rotatable bonds is 3. The summed E-state index contributed by atoms with van der Waals surface area (Å²) in [5.41, 5.74) is -4.37. The molecule has 0 saturated carbocycles. The Bertz CT molecular complexity index is 1690. The molecule has 0 aliphatic carbocycles. The molecule has 2 atom stereocenters. The predicted molar refractivity (Wildman–Crippen MR) is 140 cm³/mol. The summed E-state index contributed by atoms with van der Waals surface area (Å²) in [7, 11) is -3.36. The van der Waals surface area contributed by atoms with Crippen molar-refractivity contribution >= 4 is 32.8 Å². The van der Waals surface area contributed by atoms with Crippen molar-refractivity contribution < 1.29 is 43.9 Å². The first-order valence-electron chi connectivity index (χ1n) is 13.5. The summed E-state index contributed by atoms with van der Waals surface area (Å²) in [6.45, 7) is 0.101. The highest BCUT2D eigenvalue weighted by atomic mass is 32.2. The molecule has 0 N–H and O–H groups in total. The number of aromatic nitrogens is 3. The molecule has 232 valence electrons. The number of anilines is 2. The van der Waals surface area contributed by atoms with Gasteiger partial charge in [-0.2, -0.15) is 30.7 Å². The highest BCUT2D eigenvalue weighted by Gasteiger charge is 2.60. The van der Waals surface area contributed by atoms with Crippen LogP contribution in [0, 0.1) is 11.4 Å². The number of sulfone groups is 1. The van der Waals surface area contributed by atoms with Crippen LogP contribution in [-0.4, -0.2) is 70.8 Å². The van der Waals surface area contributed by atoms with Crippen molar-refractivity contribution in [2.75, 3.05) is 29.5 Å². The highest BCUT2D eigenvalue weighted by Crippen LogP contribution is 2.52. The zero-order chi connectivity index (χ0) is 31.2. The van der Waals surface area contributed by atoms with Gasteiger partial charge in [0, 0.05) is 24.8 Å². The molecule has 8 nitrogen and oxygen atoms in total. The standard InChI is InChI=1S/C27H26F7N5O3S/c1-24(27(32,33)34)15-38(18-14-35-20-13-19(28)36-39(20)22(18)24)17-5-3-16(4-6-17)21(26(29,30)31)37-10-2-7-25(23(37)40)8-11-43(41,42)12-9-25/h3-6,13-14,21H,2,7-12,15H2,1H3/t21-,24?/m0/s1. The van der Waals surface area contributed by atoms with Gasteiger partial charge in [0.05, 0.1) is 34.5 Å². The van der Waals surface area contributed by atoms with Gasteiger partial charge in [-0.25, -0.2) is 17.9 Å². The van der Waals surface area contributed by atoms with E-state index in [1.165, 1.54) is 17.0 Å². The second-order valence-electron chi connectivity index (χ2n) is 11.7. The minimum Gasteiger partial charge on any atom is -0.337 e. The number of halogens is 7. The summed E-state index contributed by atoms with van der Waals surface area (Å²) in [6, 6.07) is 3.29. The number of hydrogen-bond acceptors (Lipinski definition) is 6. The van der Waals surface area contributed by atoms with Crippen LogP contribution in [0.2, 0.25) is 0 Å². The zero-order valence-corrected chi connectivity index (χ0v) is 23.5. The van der Waals surface area contributed by atoms with Crippen LogP contribution in [0.3, 0.4) is 0 Å². The van der Waals surface area contributed by atoms with E-state index in [-0.39, 0.29) is 65.6 Å². The average Bonchev–Trinajstić information content (AvgIpc) is 3.45. The molecule has 16 heteroatoms. The number of benzene rings is 1. The molecule has 3 aromatic rings. The zero-order valence-electron chi connectivity index (χ0n) is 22.7. The Morgan fingerprint density at radius 2 is 1.65 bits per heavy atom. The van der Waals surface area contributed by atoms with Crippen molar-refractivity contribution in [2.24, 2.45) is 5.41 Å². The number of piperidine rings is 1. The molecule has 1 amide bonds. The van der Waals surface area contributed by atoms with Gasteiger partial charge in [0.15, 0.2) is 11.7 Å². The van der Waals surface area contributed by atoms with Crippen LogP contribution in [0.1, 0.15) is 49.9 Å². The summed E-state index contributed by atoms with van der Waals surface area (Å²) in [4.78, 5) is 19.6. The fraction of sp³-hybridized carbons (Fsp3) is 0.519. The molecule has 2 aromatic heterocycles. The average molecular weight is 634 g/mol. The molecular weight excluding hydrogens is 607 g/mol. The summed E-state index contributed by atoms with van der Waals surface area (Å²) >= 11 is 0. The fourth-order valence-corrected chi connectivity index (χ4v) is 8.27. The van der Waals surface area contributed by atoms with E-state index >= 15 is 0 Å². The van der Waals surface area contributed by atoms with Crippen LogP contribution in [-0.2, 0) is 20.0 Å². The molecule has 5 heterocycles. The first-order valence-corrected chi connectivity index (χ1v) is 15.4. The molecule has 3 aliphatic heterocycles. The van der Waals surface area contributed by atoms with Gasteiger partial charge in [-0.3, -0.25) is 4.79 Å². The van der Waals surface area contributed by atoms with Crippen molar-refractivity contribution in [3.63, 3.8) is 0 Å². The number of nitrogens with zero attached hydrogens (tertiary/aromatic N) is 5. The largest absolute Gasteiger partial charge is 0.413 e. The number of hydrogen-bond donors (Lipinski definition) is 0. The van der Waals surface area contributed by atoms with Crippen LogP contribution in [0.15, 0.2) is 36.5 Å².